The zero-order valence-electron chi connectivity index (χ0n) is 18.4. The number of benzene rings is 2. The fourth-order valence-corrected chi connectivity index (χ4v) is 3.93. The number of carbonyl (C=O) groups excluding carboxylic acids is 1. The van der Waals surface area contributed by atoms with E-state index in [1.54, 1.807) is 4.68 Å². The van der Waals surface area contributed by atoms with Crippen molar-refractivity contribution in [1.29, 1.82) is 0 Å². The lowest BCUT2D eigenvalue weighted by Crippen LogP contribution is -2.45. The maximum atomic E-state index is 13.1. The molecule has 1 aromatic heterocycles. The molecule has 1 fully saturated rings. The molecule has 1 aliphatic heterocycles. The number of aromatic nitrogens is 2. The number of amides is 1. The molecule has 3 aromatic rings. The lowest BCUT2D eigenvalue weighted by atomic mass is 10.1. The smallest absolute Gasteiger partial charge is 0.255 e. The fourth-order valence-electron chi connectivity index (χ4n) is 3.93. The summed E-state index contributed by atoms with van der Waals surface area (Å²) in [6, 6.07) is 18.0. The highest BCUT2D eigenvalue weighted by Gasteiger charge is 2.19. The van der Waals surface area contributed by atoms with Gasteiger partial charge in [0.25, 0.3) is 5.91 Å². The number of hydrogen-bond donors (Lipinski definition) is 1. The molecule has 1 saturated heterocycles. The predicted octanol–water partition coefficient (Wildman–Crippen LogP) is 3.22. The maximum absolute atomic E-state index is 13.1. The molecule has 4 rings (SSSR count). The Balaban J connectivity index is 1.46. The van der Waals surface area contributed by atoms with Crippen molar-refractivity contribution in [2.45, 2.75) is 13.3 Å². The summed E-state index contributed by atoms with van der Waals surface area (Å²) in [5, 5.41) is 7.87. The summed E-state index contributed by atoms with van der Waals surface area (Å²) in [7, 11) is 2.17. The van der Waals surface area contributed by atoms with Gasteiger partial charge in [-0.25, -0.2) is 4.68 Å². The summed E-state index contributed by atoms with van der Waals surface area (Å²) in [4.78, 5) is 17.9. The Morgan fingerprint density at radius 2 is 1.81 bits per heavy atom. The van der Waals surface area contributed by atoms with Crippen molar-refractivity contribution in [3.8, 4) is 16.9 Å². The molecule has 1 amide bonds. The molecule has 0 aliphatic carbocycles. The van der Waals surface area contributed by atoms with Crippen molar-refractivity contribution < 1.29 is 4.79 Å². The van der Waals surface area contributed by atoms with Crippen LogP contribution in [0, 0.1) is 6.92 Å². The lowest BCUT2D eigenvalue weighted by Gasteiger charge is -2.32. The van der Waals surface area contributed by atoms with Gasteiger partial charge in [0.1, 0.15) is 5.69 Å². The number of aryl methyl sites for hydroxylation is 1. The third kappa shape index (κ3) is 5.40. The van der Waals surface area contributed by atoms with Crippen LogP contribution in [0.5, 0.6) is 0 Å². The van der Waals surface area contributed by atoms with E-state index >= 15 is 0 Å². The minimum absolute atomic E-state index is 0.0722. The molecule has 2 aromatic carbocycles. The molecular formula is C25H31N5O. The first kappa shape index (κ1) is 21.3. The van der Waals surface area contributed by atoms with Crippen molar-refractivity contribution in [3.05, 3.63) is 71.9 Å². The zero-order chi connectivity index (χ0) is 21.6. The topological polar surface area (TPSA) is 53.4 Å². The molecule has 0 radical (unpaired) electrons. The fraction of sp³-hybridized carbons (Fsp3) is 0.360. The quantitative estimate of drug-likeness (QED) is 0.600. The number of para-hydroxylation sites is 1. The van der Waals surface area contributed by atoms with E-state index in [0.29, 0.717) is 17.8 Å². The summed E-state index contributed by atoms with van der Waals surface area (Å²) in [6.07, 6.45) is 2.78. The molecule has 0 bridgehead atoms. The van der Waals surface area contributed by atoms with Crippen molar-refractivity contribution in [2.75, 3.05) is 46.3 Å². The number of hydrogen-bond acceptors (Lipinski definition) is 4. The molecule has 0 atom stereocenters. The van der Waals surface area contributed by atoms with Crippen molar-refractivity contribution in [2.24, 2.45) is 0 Å². The summed E-state index contributed by atoms with van der Waals surface area (Å²) in [6.45, 7) is 8.17. The molecule has 2 heterocycles. The van der Waals surface area contributed by atoms with Crippen molar-refractivity contribution >= 4 is 5.91 Å². The van der Waals surface area contributed by atoms with E-state index in [0.717, 1.165) is 56.0 Å². The van der Waals surface area contributed by atoms with E-state index in [-0.39, 0.29) is 5.91 Å². The Kier molecular flexibility index (Phi) is 6.79. The number of nitrogens with one attached hydrogen (secondary N) is 1. The summed E-state index contributed by atoms with van der Waals surface area (Å²) in [5.41, 5.74) is 4.35. The Labute approximate surface area is 184 Å². The molecule has 6 nitrogen and oxygen atoms in total. The Bertz CT molecular complexity index is 1010. The SMILES string of the molecule is Cc1cccc(-c2nn(-c3ccccc3)cc2C(=O)NCCCN2CCN(C)CC2)c1. The highest BCUT2D eigenvalue weighted by atomic mass is 16.1. The van der Waals surface area contributed by atoms with Gasteiger partial charge >= 0.3 is 0 Å². The second-order valence-corrected chi connectivity index (χ2v) is 8.30. The van der Waals surface area contributed by atoms with Gasteiger partial charge in [-0.05, 0) is 45.1 Å². The molecule has 1 aliphatic rings. The van der Waals surface area contributed by atoms with Gasteiger partial charge in [-0.15, -0.1) is 0 Å². The monoisotopic (exact) mass is 417 g/mol. The van der Waals surface area contributed by atoms with Gasteiger partial charge < -0.3 is 15.1 Å². The van der Waals surface area contributed by atoms with Gasteiger partial charge in [0.2, 0.25) is 0 Å². The first-order valence-corrected chi connectivity index (χ1v) is 11.0. The molecule has 162 valence electrons. The Hall–Kier alpha value is -2.96. The molecule has 31 heavy (non-hydrogen) atoms. The van der Waals surface area contributed by atoms with E-state index in [4.69, 9.17) is 5.10 Å². The summed E-state index contributed by atoms with van der Waals surface area (Å²) < 4.78 is 1.79. The highest BCUT2D eigenvalue weighted by molar-refractivity contribution is 6.00. The summed E-state index contributed by atoms with van der Waals surface area (Å²) >= 11 is 0. The van der Waals surface area contributed by atoms with Crippen LogP contribution in [0.4, 0.5) is 0 Å². The van der Waals surface area contributed by atoms with Gasteiger partial charge in [0, 0.05) is 44.5 Å². The van der Waals surface area contributed by atoms with Crippen LogP contribution >= 0.6 is 0 Å². The predicted molar refractivity (Wildman–Crippen MR) is 125 cm³/mol. The van der Waals surface area contributed by atoms with Crippen LogP contribution in [-0.2, 0) is 0 Å². The molecule has 1 N–H and O–H groups in total. The van der Waals surface area contributed by atoms with Gasteiger partial charge in [0.05, 0.1) is 11.3 Å². The van der Waals surface area contributed by atoms with E-state index in [1.165, 1.54) is 0 Å². The van der Waals surface area contributed by atoms with Gasteiger partial charge in [-0.3, -0.25) is 4.79 Å². The van der Waals surface area contributed by atoms with E-state index in [2.05, 4.69) is 41.2 Å². The third-order valence-electron chi connectivity index (χ3n) is 5.80. The Morgan fingerprint density at radius 3 is 2.55 bits per heavy atom. The first-order chi connectivity index (χ1) is 15.1. The van der Waals surface area contributed by atoms with Gasteiger partial charge in [-0.2, -0.15) is 5.10 Å². The zero-order valence-corrected chi connectivity index (χ0v) is 18.4. The second kappa shape index (κ2) is 9.90. The highest BCUT2D eigenvalue weighted by Crippen LogP contribution is 2.24. The third-order valence-corrected chi connectivity index (χ3v) is 5.80. The van der Waals surface area contributed by atoms with Gasteiger partial charge in [-0.1, -0.05) is 42.0 Å². The van der Waals surface area contributed by atoms with Crippen LogP contribution in [0.2, 0.25) is 0 Å². The number of piperazine rings is 1. The minimum atomic E-state index is -0.0722. The second-order valence-electron chi connectivity index (χ2n) is 8.30. The van der Waals surface area contributed by atoms with Gasteiger partial charge in [0.15, 0.2) is 0 Å². The number of rotatable bonds is 7. The molecule has 0 saturated carbocycles. The van der Waals surface area contributed by atoms with Crippen LogP contribution < -0.4 is 5.32 Å². The summed E-state index contributed by atoms with van der Waals surface area (Å²) in [5.74, 6) is -0.0722. The molecule has 0 spiro atoms. The van der Waals surface area contributed by atoms with E-state index in [1.807, 2.05) is 48.7 Å². The maximum Gasteiger partial charge on any atom is 0.255 e. The largest absolute Gasteiger partial charge is 0.352 e. The standard InChI is InChI=1S/C25H31N5O/c1-20-8-6-9-21(18-20)24-23(19-30(27-24)22-10-4-3-5-11-22)25(31)26-12-7-13-29-16-14-28(2)15-17-29/h3-6,8-11,18-19H,7,12-17H2,1-2H3,(H,26,31). The van der Waals surface area contributed by atoms with E-state index < -0.39 is 0 Å². The van der Waals surface area contributed by atoms with E-state index in [9.17, 15) is 4.79 Å². The molecule has 0 unspecified atom stereocenters. The number of carbonyl (C=O) groups is 1. The first-order valence-electron chi connectivity index (χ1n) is 11.0. The van der Waals surface area contributed by atoms with Crippen LogP contribution in [0.1, 0.15) is 22.3 Å². The average Bonchev–Trinajstić information content (AvgIpc) is 3.24. The normalized spacial score (nSPS) is 15.2. The Morgan fingerprint density at radius 1 is 1.03 bits per heavy atom. The molecular weight excluding hydrogens is 386 g/mol. The average molecular weight is 418 g/mol. The van der Waals surface area contributed by atoms with Crippen LogP contribution in [0.25, 0.3) is 16.9 Å². The van der Waals surface area contributed by atoms with Crippen molar-refractivity contribution in [1.82, 2.24) is 24.9 Å². The lowest BCUT2D eigenvalue weighted by molar-refractivity contribution is 0.0950. The van der Waals surface area contributed by atoms with Crippen LogP contribution in [-0.4, -0.2) is 71.8 Å². The number of likely N-dealkylation sites (N-methyl/N-ethyl adjacent to an activating group) is 1. The molecule has 6 heteroatoms. The van der Waals surface area contributed by atoms with Crippen LogP contribution in [0.3, 0.4) is 0 Å². The minimum Gasteiger partial charge on any atom is -0.352 e. The van der Waals surface area contributed by atoms with Crippen LogP contribution in [0.15, 0.2) is 60.8 Å². The van der Waals surface area contributed by atoms with Crippen molar-refractivity contribution in [3.63, 3.8) is 0 Å². The number of nitrogens with zero attached hydrogens (tertiary/aromatic N) is 4.